The first-order valence-electron chi connectivity index (χ1n) is 5.64. The maximum atomic E-state index is 5.29. The van der Waals surface area contributed by atoms with E-state index in [1.807, 2.05) is 32.0 Å². The molecule has 1 heterocycles. The fourth-order valence-corrected chi connectivity index (χ4v) is 1.81. The summed E-state index contributed by atoms with van der Waals surface area (Å²) in [6.45, 7) is 4.00. The quantitative estimate of drug-likeness (QED) is 0.816. The van der Waals surface area contributed by atoms with E-state index in [0.29, 0.717) is 6.42 Å². The Hall–Kier alpha value is -2.08. The van der Waals surface area contributed by atoms with Crippen LogP contribution in [0.2, 0.25) is 0 Å². The SMILES string of the molecule is C#CCC(C)Nc1nnc(C)c2ccccc12. The number of terminal acetylenes is 1. The van der Waals surface area contributed by atoms with Crippen LogP contribution in [0.4, 0.5) is 5.82 Å². The van der Waals surface area contributed by atoms with Crippen LogP contribution in [0.1, 0.15) is 19.0 Å². The molecule has 0 spiro atoms. The van der Waals surface area contributed by atoms with E-state index in [9.17, 15) is 0 Å². The van der Waals surface area contributed by atoms with Gasteiger partial charge < -0.3 is 5.32 Å². The molecule has 2 aromatic rings. The van der Waals surface area contributed by atoms with Crippen LogP contribution in [0.15, 0.2) is 24.3 Å². The minimum absolute atomic E-state index is 0.195. The first-order chi connectivity index (χ1) is 8.22. The van der Waals surface area contributed by atoms with E-state index in [4.69, 9.17) is 6.42 Å². The topological polar surface area (TPSA) is 37.8 Å². The lowest BCUT2D eigenvalue weighted by atomic mass is 10.1. The molecular formula is C14H15N3. The predicted octanol–water partition coefficient (Wildman–Crippen LogP) is 2.76. The highest BCUT2D eigenvalue weighted by Crippen LogP contribution is 2.22. The Bertz CT molecular complexity index is 569. The average molecular weight is 225 g/mol. The van der Waals surface area contributed by atoms with Crippen LogP contribution in [-0.2, 0) is 0 Å². The number of hydrogen-bond acceptors (Lipinski definition) is 3. The van der Waals surface area contributed by atoms with E-state index < -0.39 is 0 Å². The van der Waals surface area contributed by atoms with E-state index in [1.54, 1.807) is 0 Å². The monoisotopic (exact) mass is 225 g/mol. The van der Waals surface area contributed by atoms with Crippen LogP contribution in [0, 0.1) is 19.3 Å². The predicted molar refractivity (Wildman–Crippen MR) is 70.8 cm³/mol. The molecule has 0 aliphatic rings. The number of anilines is 1. The third kappa shape index (κ3) is 2.36. The molecule has 1 atom stereocenters. The normalized spacial score (nSPS) is 12.1. The second-order valence-electron chi connectivity index (χ2n) is 4.13. The van der Waals surface area contributed by atoms with Crippen LogP contribution in [0.25, 0.3) is 10.8 Å². The Labute approximate surface area is 101 Å². The fraction of sp³-hybridized carbons (Fsp3) is 0.286. The van der Waals surface area contributed by atoms with Crippen molar-refractivity contribution in [1.82, 2.24) is 10.2 Å². The summed E-state index contributed by atoms with van der Waals surface area (Å²) in [5, 5.41) is 13.9. The summed E-state index contributed by atoms with van der Waals surface area (Å²) in [6.07, 6.45) is 5.96. The van der Waals surface area contributed by atoms with E-state index in [-0.39, 0.29) is 6.04 Å². The van der Waals surface area contributed by atoms with Crippen LogP contribution in [0.3, 0.4) is 0 Å². The van der Waals surface area contributed by atoms with Crippen molar-refractivity contribution >= 4 is 16.6 Å². The van der Waals surface area contributed by atoms with Crippen LogP contribution in [-0.4, -0.2) is 16.2 Å². The minimum Gasteiger partial charge on any atom is -0.365 e. The molecule has 0 amide bonds. The molecule has 0 bridgehead atoms. The van der Waals surface area contributed by atoms with Gasteiger partial charge in [0.2, 0.25) is 0 Å². The third-order valence-electron chi connectivity index (χ3n) is 2.68. The Balaban J connectivity index is 2.42. The first kappa shape index (κ1) is 11.4. The largest absolute Gasteiger partial charge is 0.365 e. The lowest BCUT2D eigenvalue weighted by molar-refractivity contribution is 0.815. The number of hydrogen-bond donors (Lipinski definition) is 1. The molecule has 17 heavy (non-hydrogen) atoms. The van der Waals surface area contributed by atoms with E-state index in [2.05, 4.69) is 27.5 Å². The van der Waals surface area contributed by atoms with Gasteiger partial charge in [-0.1, -0.05) is 24.3 Å². The van der Waals surface area contributed by atoms with Gasteiger partial charge in [0.1, 0.15) is 0 Å². The average Bonchev–Trinajstić information content (AvgIpc) is 2.34. The standard InChI is InChI=1S/C14H15N3/c1-4-7-10(2)15-14-13-9-6-5-8-12(13)11(3)16-17-14/h1,5-6,8-10H,7H2,2-3H3,(H,15,17). The van der Waals surface area contributed by atoms with Gasteiger partial charge in [0.15, 0.2) is 5.82 Å². The van der Waals surface area contributed by atoms with E-state index in [0.717, 1.165) is 22.3 Å². The molecule has 86 valence electrons. The molecule has 3 heteroatoms. The summed E-state index contributed by atoms with van der Waals surface area (Å²) in [7, 11) is 0. The number of fused-ring (bicyclic) bond motifs is 1. The Kier molecular flexibility index (Phi) is 3.24. The highest BCUT2D eigenvalue weighted by molar-refractivity contribution is 5.92. The number of nitrogens with one attached hydrogen (secondary N) is 1. The first-order valence-corrected chi connectivity index (χ1v) is 5.64. The molecular weight excluding hydrogens is 210 g/mol. The molecule has 0 saturated heterocycles. The summed E-state index contributed by atoms with van der Waals surface area (Å²) in [5.74, 6) is 3.44. The van der Waals surface area contributed by atoms with E-state index >= 15 is 0 Å². The maximum Gasteiger partial charge on any atom is 0.156 e. The molecule has 1 aromatic heterocycles. The summed E-state index contributed by atoms with van der Waals surface area (Å²) in [4.78, 5) is 0. The number of aryl methyl sites for hydroxylation is 1. The smallest absolute Gasteiger partial charge is 0.156 e. The lowest BCUT2D eigenvalue weighted by Gasteiger charge is -2.13. The molecule has 0 saturated carbocycles. The van der Waals surface area contributed by atoms with Gasteiger partial charge in [0, 0.05) is 23.2 Å². The van der Waals surface area contributed by atoms with Gasteiger partial charge in [-0.15, -0.1) is 17.4 Å². The summed E-state index contributed by atoms with van der Waals surface area (Å²) in [5.41, 5.74) is 0.941. The van der Waals surface area contributed by atoms with Crippen molar-refractivity contribution in [1.29, 1.82) is 0 Å². The molecule has 1 unspecified atom stereocenters. The zero-order valence-corrected chi connectivity index (χ0v) is 10.1. The Morgan fingerprint density at radius 2 is 2.00 bits per heavy atom. The van der Waals surface area contributed by atoms with Gasteiger partial charge in [-0.3, -0.25) is 0 Å². The third-order valence-corrected chi connectivity index (χ3v) is 2.68. The van der Waals surface area contributed by atoms with Gasteiger partial charge >= 0.3 is 0 Å². The summed E-state index contributed by atoms with van der Waals surface area (Å²) < 4.78 is 0. The number of aromatic nitrogens is 2. The van der Waals surface area contributed by atoms with Gasteiger partial charge in [-0.2, -0.15) is 5.10 Å². The highest BCUT2D eigenvalue weighted by atomic mass is 15.2. The van der Waals surface area contributed by atoms with Crippen molar-refractivity contribution in [3.63, 3.8) is 0 Å². The molecule has 0 radical (unpaired) electrons. The Morgan fingerprint density at radius 3 is 2.71 bits per heavy atom. The molecule has 1 N–H and O–H groups in total. The van der Waals surface area contributed by atoms with Crippen LogP contribution in [0.5, 0.6) is 0 Å². The molecule has 0 aliphatic heterocycles. The lowest BCUT2D eigenvalue weighted by Crippen LogP contribution is -2.16. The van der Waals surface area contributed by atoms with Crippen molar-refractivity contribution in [3.05, 3.63) is 30.0 Å². The summed E-state index contributed by atoms with van der Waals surface area (Å²) in [6, 6.07) is 8.30. The minimum atomic E-state index is 0.195. The molecule has 2 rings (SSSR count). The van der Waals surface area contributed by atoms with E-state index in [1.165, 1.54) is 0 Å². The molecule has 1 aromatic carbocycles. The van der Waals surface area contributed by atoms with Gasteiger partial charge in [0.25, 0.3) is 0 Å². The summed E-state index contributed by atoms with van der Waals surface area (Å²) >= 11 is 0. The number of nitrogens with zero attached hydrogens (tertiary/aromatic N) is 2. The van der Waals surface area contributed by atoms with Gasteiger partial charge in [0.05, 0.1) is 5.69 Å². The highest BCUT2D eigenvalue weighted by Gasteiger charge is 2.08. The Morgan fingerprint density at radius 1 is 1.29 bits per heavy atom. The van der Waals surface area contributed by atoms with Crippen molar-refractivity contribution in [2.24, 2.45) is 0 Å². The van der Waals surface area contributed by atoms with Crippen LogP contribution < -0.4 is 5.32 Å². The van der Waals surface area contributed by atoms with Gasteiger partial charge in [-0.25, -0.2) is 0 Å². The second-order valence-corrected chi connectivity index (χ2v) is 4.13. The zero-order chi connectivity index (χ0) is 12.3. The molecule has 0 aliphatic carbocycles. The number of benzene rings is 1. The van der Waals surface area contributed by atoms with Crippen molar-refractivity contribution in [3.8, 4) is 12.3 Å². The van der Waals surface area contributed by atoms with Crippen molar-refractivity contribution in [2.75, 3.05) is 5.32 Å². The maximum absolute atomic E-state index is 5.29. The second kappa shape index (κ2) is 4.84. The molecule has 3 nitrogen and oxygen atoms in total. The van der Waals surface area contributed by atoms with Crippen molar-refractivity contribution < 1.29 is 0 Å². The van der Waals surface area contributed by atoms with Crippen molar-refractivity contribution in [2.45, 2.75) is 26.3 Å². The van der Waals surface area contributed by atoms with Gasteiger partial charge in [-0.05, 0) is 13.8 Å². The molecule has 0 fully saturated rings. The number of rotatable bonds is 3. The van der Waals surface area contributed by atoms with Crippen LogP contribution >= 0.6 is 0 Å². The fourth-order valence-electron chi connectivity index (χ4n) is 1.81. The zero-order valence-electron chi connectivity index (χ0n) is 10.1.